The van der Waals surface area contributed by atoms with Crippen molar-refractivity contribution in [3.63, 3.8) is 0 Å². The van der Waals surface area contributed by atoms with E-state index in [9.17, 15) is 0 Å². The minimum atomic E-state index is 0.578. The summed E-state index contributed by atoms with van der Waals surface area (Å²) in [4.78, 5) is 0. The Labute approximate surface area is 106 Å². The lowest BCUT2D eigenvalue weighted by Gasteiger charge is -2.05. The number of fused-ring (bicyclic) bond motifs is 1. The van der Waals surface area contributed by atoms with E-state index in [2.05, 4.69) is 20.6 Å². The zero-order chi connectivity index (χ0) is 11.9. The van der Waals surface area contributed by atoms with E-state index in [0.717, 1.165) is 29.8 Å². The van der Waals surface area contributed by atoms with E-state index in [1.54, 1.807) is 0 Å². The van der Waals surface area contributed by atoms with Crippen LogP contribution in [0.2, 0.25) is 0 Å². The van der Waals surface area contributed by atoms with Gasteiger partial charge < -0.3 is 5.32 Å². The molecule has 0 bridgehead atoms. The fourth-order valence-electron chi connectivity index (χ4n) is 2.31. The van der Waals surface area contributed by atoms with Crippen LogP contribution in [0.4, 0.5) is 5.82 Å². The molecule has 18 heavy (non-hydrogen) atoms. The molecule has 2 aromatic heterocycles. The van der Waals surface area contributed by atoms with Crippen molar-refractivity contribution in [1.82, 2.24) is 19.8 Å². The molecule has 0 aromatic carbocycles. The average molecular weight is 243 g/mol. The highest BCUT2D eigenvalue weighted by atomic mass is 15.4. The van der Waals surface area contributed by atoms with Crippen LogP contribution >= 0.6 is 0 Å². The lowest BCUT2D eigenvalue weighted by atomic mass is 10.3. The third-order valence-electron chi connectivity index (χ3n) is 3.79. The Morgan fingerprint density at radius 3 is 2.83 bits per heavy atom. The van der Waals surface area contributed by atoms with Gasteiger partial charge in [-0.05, 0) is 37.3 Å². The molecule has 0 atom stereocenters. The summed E-state index contributed by atoms with van der Waals surface area (Å²) in [5.41, 5.74) is 0.852. The summed E-state index contributed by atoms with van der Waals surface area (Å²) < 4.78 is 1.90. The molecule has 5 heteroatoms. The number of aromatic nitrogens is 4. The number of hydrogen-bond donors (Lipinski definition) is 1. The van der Waals surface area contributed by atoms with Gasteiger partial charge in [-0.3, -0.25) is 0 Å². The summed E-state index contributed by atoms with van der Waals surface area (Å²) in [6.45, 7) is 1.02. The van der Waals surface area contributed by atoms with Gasteiger partial charge in [0.2, 0.25) is 0 Å². The van der Waals surface area contributed by atoms with E-state index in [0.29, 0.717) is 5.92 Å². The Balaban J connectivity index is 1.54. The molecule has 2 aliphatic rings. The molecule has 2 saturated carbocycles. The second-order valence-corrected chi connectivity index (χ2v) is 5.48. The van der Waals surface area contributed by atoms with Crippen LogP contribution in [0.25, 0.3) is 5.65 Å². The lowest BCUT2D eigenvalue weighted by molar-refractivity contribution is 0.751. The van der Waals surface area contributed by atoms with Gasteiger partial charge in [0.1, 0.15) is 5.82 Å². The highest BCUT2D eigenvalue weighted by Gasteiger charge is 2.29. The summed E-state index contributed by atoms with van der Waals surface area (Å²) in [5, 5.41) is 16.4. The molecule has 0 aliphatic heterocycles. The number of anilines is 1. The number of rotatable bonds is 5. The van der Waals surface area contributed by atoms with E-state index >= 15 is 0 Å². The van der Waals surface area contributed by atoms with Crippen LogP contribution in [0, 0.1) is 5.92 Å². The van der Waals surface area contributed by atoms with Crippen LogP contribution < -0.4 is 5.32 Å². The van der Waals surface area contributed by atoms with Gasteiger partial charge in [-0.1, -0.05) is 12.8 Å². The molecule has 1 N–H and O–H groups in total. The molecule has 94 valence electrons. The summed E-state index contributed by atoms with van der Waals surface area (Å²) in [6, 6.07) is 3.99. The molecule has 4 rings (SSSR count). The maximum atomic E-state index is 4.59. The predicted octanol–water partition coefficient (Wildman–Crippen LogP) is 2.21. The topological polar surface area (TPSA) is 55.1 Å². The van der Waals surface area contributed by atoms with Crippen LogP contribution in [0.15, 0.2) is 12.1 Å². The van der Waals surface area contributed by atoms with Crippen molar-refractivity contribution in [2.75, 3.05) is 11.9 Å². The smallest absolute Gasteiger partial charge is 0.178 e. The maximum absolute atomic E-state index is 4.59. The molecular formula is C13H17N5. The molecule has 0 radical (unpaired) electrons. The zero-order valence-corrected chi connectivity index (χ0v) is 10.3. The first-order chi connectivity index (χ1) is 8.90. The molecule has 0 saturated heterocycles. The second kappa shape index (κ2) is 3.93. The average Bonchev–Trinajstić information content (AvgIpc) is 3.29. The maximum Gasteiger partial charge on any atom is 0.178 e. The zero-order valence-electron chi connectivity index (χ0n) is 10.3. The van der Waals surface area contributed by atoms with Crippen molar-refractivity contribution in [2.24, 2.45) is 5.92 Å². The molecular weight excluding hydrogens is 226 g/mol. The second-order valence-electron chi connectivity index (χ2n) is 5.48. The molecule has 0 amide bonds. The fourth-order valence-corrected chi connectivity index (χ4v) is 2.31. The van der Waals surface area contributed by atoms with Gasteiger partial charge in [0.25, 0.3) is 0 Å². The quantitative estimate of drug-likeness (QED) is 0.874. The standard InChI is InChI=1S/C13H17N5/c1-2-9(1)7-8-14-11-5-6-12-15-16-13(10-3-4-10)18(12)17-11/h5-6,9-10H,1-4,7-8H2,(H,14,17). The van der Waals surface area contributed by atoms with Gasteiger partial charge in [0.05, 0.1) is 0 Å². The predicted molar refractivity (Wildman–Crippen MR) is 68.6 cm³/mol. The third-order valence-corrected chi connectivity index (χ3v) is 3.79. The van der Waals surface area contributed by atoms with Gasteiger partial charge in [-0.2, -0.15) is 4.52 Å². The molecule has 5 nitrogen and oxygen atoms in total. The largest absolute Gasteiger partial charge is 0.369 e. The van der Waals surface area contributed by atoms with Crippen LogP contribution in [0.5, 0.6) is 0 Å². The molecule has 0 unspecified atom stereocenters. The van der Waals surface area contributed by atoms with Crippen molar-refractivity contribution in [1.29, 1.82) is 0 Å². The first kappa shape index (κ1) is 10.3. The van der Waals surface area contributed by atoms with Crippen molar-refractivity contribution in [3.05, 3.63) is 18.0 Å². The normalized spacial score (nSPS) is 19.3. The Morgan fingerprint density at radius 1 is 1.17 bits per heavy atom. The Morgan fingerprint density at radius 2 is 2.06 bits per heavy atom. The summed E-state index contributed by atoms with van der Waals surface area (Å²) in [6.07, 6.45) is 6.53. The van der Waals surface area contributed by atoms with E-state index in [4.69, 9.17) is 0 Å². The van der Waals surface area contributed by atoms with Gasteiger partial charge in [0, 0.05) is 12.5 Å². The SMILES string of the molecule is c1cc2nnc(C3CC3)n2nc1NCCC1CC1. The van der Waals surface area contributed by atoms with Crippen molar-refractivity contribution in [3.8, 4) is 0 Å². The van der Waals surface area contributed by atoms with Crippen molar-refractivity contribution < 1.29 is 0 Å². The van der Waals surface area contributed by atoms with Crippen LogP contribution in [0.1, 0.15) is 43.8 Å². The number of nitrogens with zero attached hydrogens (tertiary/aromatic N) is 4. The number of nitrogens with one attached hydrogen (secondary N) is 1. The lowest BCUT2D eigenvalue weighted by Crippen LogP contribution is -2.07. The molecule has 2 heterocycles. The Hall–Kier alpha value is -1.65. The molecule has 2 aliphatic carbocycles. The van der Waals surface area contributed by atoms with Crippen LogP contribution in [-0.4, -0.2) is 26.4 Å². The summed E-state index contributed by atoms with van der Waals surface area (Å²) in [7, 11) is 0. The summed E-state index contributed by atoms with van der Waals surface area (Å²) in [5.74, 6) is 3.49. The molecule has 0 spiro atoms. The first-order valence-electron chi connectivity index (χ1n) is 6.86. The highest BCUT2D eigenvalue weighted by molar-refractivity contribution is 5.44. The Kier molecular flexibility index (Phi) is 2.25. The van der Waals surface area contributed by atoms with Crippen molar-refractivity contribution >= 4 is 11.5 Å². The van der Waals surface area contributed by atoms with Gasteiger partial charge >= 0.3 is 0 Å². The van der Waals surface area contributed by atoms with Crippen LogP contribution in [-0.2, 0) is 0 Å². The fraction of sp³-hybridized carbons (Fsp3) is 0.615. The first-order valence-corrected chi connectivity index (χ1v) is 6.86. The molecule has 2 aromatic rings. The minimum absolute atomic E-state index is 0.578. The van der Waals surface area contributed by atoms with E-state index in [-0.39, 0.29) is 0 Å². The minimum Gasteiger partial charge on any atom is -0.369 e. The molecule has 2 fully saturated rings. The number of hydrogen-bond acceptors (Lipinski definition) is 4. The van der Waals surface area contributed by atoms with E-state index < -0.39 is 0 Å². The highest BCUT2D eigenvalue weighted by Crippen LogP contribution is 2.38. The third kappa shape index (κ3) is 1.94. The summed E-state index contributed by atoms with van der Waals surface area (Å²) >= 11 is 0. The van der Waals surface area contributed by atoms with Gasteiger partial charge in [-0.25, -0.2) is 0 Å². The van der Waals surface area contributed by atoms with Crippen LogP contribution in [0.3, 0.4) is 0 Å². The monoisotopic (exact) mass is 243 g/mol. The van der Waals surface area contributed by atoms with Crippen molar-refractivity contribution in [2.45, 2.75) is 38.0 Å². The van der Waals surface area contributed by atoms with E-state index in [1.165, 1.54) is 32.1 Å². The van der Waals surface area contributed by atoms with Gasteiger partial charge in [-0.15, -0.1) is 15.3 Å². The van der Waals surface area contributed by atoms with E-state index in [1.807, 2.05) is 16.6 Å². The Bertz CT molecular complexity index is 568. The van der Waals surface area contributed by atoms with Gasteiger partial charge in [0.15, 0.2) is 11.5 Å².